The van der Waals surface area contributed by atoms with Gasteiger partial charge < -0.3 is 0 Å². The number of carbonyl (C=O) groups is 4. The number of hydrogen-bond donors (Lipinski definition) is 4. The van der Waals surface area contributed by atoms with Crippen LogP contribution in [0.5, 0.6) is 0 Å². The molecular weight excluding hydrogens is 560 g/mol. The van der Waals surface area contributed by atoms with Gasteiger partial charge in [-0.15, -0.1) is 0 Å². The van der Waals surface area contributed by atoms with Gasteiger partial charge in [0.1, 0.15) is 22.8 Å². The lowest BCUT2D eigenvalue weighted by Gasteiger charge is -2.13. The first-order chi connectivity index (χ1) is 21.5. The van der Waals surface area contributed by atoms with Crippen LogP contribution in [0.1, 0.15) is 22.3 Å². The van der Waals surface area contributed by atoms with Crippen molar-refractivity contribution in [1.29, 1.82) is 0 Å². The summed E-state index contributed by atoms with van der Waals surface area (Å²) in [6, 6.07) is 34.6. The monoisotopic (exact) mass is 584 g/mol. The molecule has 5 rings (SSSR count). The van der Waals surface area contributed by atoms with E-state index in [9.17, 15) is 19.2 Å². The summed E-state index contributed by atoms with van der Waals surface area (Å²) in [7, 11) is 0. The number of nitrogens with zero attached hydrogens (tertiary/aromatic N) is 4. The van der Waals surface area contributed by atoms with Crippen LogP contribution in [0.4, 0.5) is 0 Å². The normalized spacial score (nSPS) is 19.6. The van der Waals surface area contributed by atoms with E-state index in [0.717, 1.165) is 0 Å². The molecule has 0 atom stereocenters. The number of carbonyl (C=O) groups excluding carboxylic acids is 4. The molecule has 4 amide bonds. The van der Waals surface area contributed by atoms with Crippen LogP contribution >= 0.6 is 0 Å². The number of nitrogens with one attached hydrogen (secondary N) is 4. The van der Waals surface area contributed by atoms with Crippen molar-refractivity contribution in [3.05, 3.63) is 144 Å². The van der Waals surface area contributed by atoms with Gasteiger partial charge in [-0.25, -0.2) is 21.7 Å². The van der Waals surface area contributed by atoms with Gasteiger partial charge in [0.25, 0.3) is 0 Å². The number of rotatable bonds is 4. The molecule has 4 N–H and O–H groups in total. The average molecular weight is 585 g/mol. The fraction of sp³-hybridized carbons (Fsp3) is 0. The molecule has 4 aromatic rings. The Balaban J connectivity index is 1.63. The highest BCUT2D eigenvalue weighted by atomic mass is 16.2. The van der Waals surface area contributed by atoms with Crippen LogP contribution in [0.2, 0.25) is 0 Å². The Labute approximate surface area is 251 Å². The molecule has 0 saturated heterocycles. The SMILES string of the molecule is O=C1N/N=C(c2ccccc2)/C(c2ccccc2)=N/NC(=O)C(=O)N/N=C(c2ccccc2)/C(c2ccccc2)=N/NC1=O. The van der Waals surface area contributed by atoms with Crippen LogP contribution in [-0.4, -0.2) is 46.5 Å². The van der Waals surface area contributed by atoms with Crippen LogP contribution < -0.4 is 21.7 Å². The van der Waals surface area contributed by atoms with Gasteiger partial charge in [-0.05, 0) is 0 Å². The van der Waals surface area contributed by atoms with Gasteiger partial charge in [0, 0.05) is 22.3 Å². The van der Waals surface area contributed by atoms with Gasteiger partial charge >= 0.3 is 23.6 Å². The summed E-state index contributed by atoms with van der Waals surface area (Å²) in [5.41, 5.74) is 11.4. The lowest BCUT2D eigenvalue weighted by molar-refractivity contribution is -0.139. The summed E-state index contributed by atoms with van der Waals surface area (Å²) in [6.45, 7) is 0. The second-order valence-corrected chi connectivity index (χ2v) is 9.07. The first-order valence-corrected chi connectivity index (χ1v) is 13.2. The Morgan fingerprint density at radius 1 is 0.295 bits per heavy atom. The molecule has 0 fully saturated rings. The third-order valence-corrected chi connectivity index (χ3v) is 6.13. The zero-order valence-corrected chi connectivity index (χ0v) is 23.0. The molecule has 12 heteroatoms. The van der Waals surface area contributed by atoms with Crippen molar-refractivity contribution < 1.29 is 19.2 Å². The predicted molar refractivity (Wildman–Crippen MR) is 164 cm³/mol. The number of amides is 4. The van der Waals surface area contributed by atoms with E-state index >= 15 is 0 Å². The van der Waals surface area contributed by atoms with Crippen molar-refractivity contribution in [2.24, 2.45) is 20.4 Å². The molecule has 1 heterocycles. The van der Waals surface area contributed by atoms with E-state index in [2.05, 4.69) is 42.1 Å². The van der Waals surface area contributed by atoms with Gasteiger partial charge in [-0.1, -0.05) is 121 Å². The first kappa shape index (κ1) is 29.0. The van der Waals surface area contributed by atoms with Crippen molar-refractivity contribution in [2.45, 2.75) is 0 Å². The van der Waals surface area contributed by atoms with Crippen LogP contribution in [0.15, 0.2) is 142 Å². The predicted octanol–water partition coefficient (Wildman–Crippen LogP) is 2.08. The van der Waals surface area contributed by atoms with Crippen molar-refractivity contribution in [3.8, 4) is 0 Å². The van der Waals surface area contributed by atoms with Crippen molar-refractivity contribution in [1.82, 2.24) is 21.7 Å². The molecule has 216 valence electrons. The quantitative estimate of drug-likeness (QED) is 0.270. The Morgan fingerprint density at radius 3 is 0.659 bits per heavy atom. The molecule has 44 heavy (non-hydrogen) atoms. The van der Waals surface area contributed by atoms with Crippen LogP contribution in [0.3, 0.4) is 0 Å². The van der Waals surface area contributed by atoms with Crippen molar-refractivity contribution in [3.63, 3.8) is 0 Å². The highest BCUT2D eigenvalue weighted by molar-refractivity contribution is 6.55. The molecule has 0 radical (unpaired) electrons. The zero-order valence-electron chi connectivity index (χ0n) is 23.0. The van der Waals surface area contributed by atoms with E-state index in [0.29, 0.717) is 22.3 Å². The molecule has 1 aliphatic rings. The minimum atomic E-state index is -1.12. The van der Waals surface area contributed by atoms with Gasteiger partial charge in [0.2, 0.25) is 0 Å². The van der Waals surface area contributed by atoms with E-state index in [4.69, 9.17) is 0 Å². The summed E-state index contributed by atoms with van der Waals surface area (Å²) < 4.78 is 0. The fourth-order valence-corrected chi connectivity index (χ4v) is 4.03. The molecule has 0 aliphatic carbocycles. The summed E-state index contributed by atoms with van der Waals surface area (Å²) in [5.74, 6) is -4.48. The van der Waals surface area contributed by atoms with Crippen LogP contribution in [0.25, 0.3) is 0 Å². The molecule has 0 aromatic heterocycles. The third-order valence-electron chi connectivity index (χ3n) is 6.13. The number of hydrogen-bond acceptors (Lipinski definition) is 8. The van der Waals surface area contributed by atoms with E-state index < -0.39 is 23.6 Å². The smallest absolute Gasteiger partial charge is 0.262 e. The van der Waals surface area contributed by atoms with Gasteiger partial charge in [0.05, 0.1) is 0 Å². The minimum Gasteiger partial charge on any atom is -0.262 e. The molecule has 1 aliphatic heterocycles. The minimum absolute atomic E-state index is 0.101. The molecule has 0 bridgehead atoms. The Kier molecular flexibility index (Phi) is 9.13. The maximum Gasteiger partial charge on any atom is 0.331 e. The second-order valence-electron chi connectivity index (χ2n) is 9.07. The highest BCUT2D eigenvalue weighted by Crippen LogP contribution is 2.12. The largest absolute Gasteiger partial charge is 0.331 e. The van der Waals surface area contributed by atoms with E-state index in [1.165, 1.54) is 0 Å². The molecule has 0 saturated carbocycles. The van der Waals surface area contributed by atoms with Crippen LogP contribution in [-0.2, 0) is 19.2 Å². The topological polar surface area (TPSA) is 166 Å². The van der Waals surface area contributed by atoms with Gasteiger partial charge in [0.15, 0.2) is 0 Å². The summed E-state index contributed by atoms with van der Waals surface area (Å²) in [5, 5.41) is 16.8. The van der Waals surface area contributed by atoms with Crippen molar-refractivity contribution >= 4 is 46.5 Å². The van der Waals surface area contributed by atoms with E-state index in [1.54, 1.807) is 121 Å². The zero-order chi connectivity index (χ0) is 30.7. The Morgan fingerprint density at radius 2 is 0.477 bits per heavy atom. The number of benzene rings is 4. The number of hydrazone groups is 4. The molecule has 0 spiro atoms. The van der Waals surface area contributed by atoms with Gasteiger partial charge in [-0.3, -0.25) is 19.2 Å². The molecule has 0 unspecified atom stereocenters. The van der Waals surface area contributed by atoms with Crippen LogP contribution in [0, 0.1) is 0 Å². The maximum atomic E-state index is 12.9. The summed E-state index contributed by atoms with van der Waals surface area (Å²) >= 11 is 0. The lowest BCUT2D eigenvalue weighted by Crippen LogP contribution is -2.40. The second kappa shape index (κ2) is 13.9. The molecule has 12 nitrogen and oxygen atoms in total. The Bertz CT molecular complexity index is 1530. The lowest BCUT2D eigenvalue weighted by atomic mass is 10.00. The summed E-state index contributed by atoms with van der Waals surface area (Å²) in [4.78, 5) is 51.7. The summed E-state index contributed by atoms with van der Waals surface area (Å²) in [6.07, 6.45) is 0. The standard InChI is InChI=1S/C32H24N8O4/c41-29-30(42)39-35-27(23-17-9-3-10-18-23)28(24-19-11-4-12-20-24)36-40-32(44)31(43)38-34-26(22-15-7-2-8-16-22)25(33-37-29)21-13-5-1-6-14-21/h1-20H,(H,37,41)(H,38,43)(H,39,42)(H,40,44). The average Bonchev–Trinajstić information content (AvgIpc) is 3.08. The van der Waals surface area contributed by atoms with Crippen molar-refractivity contribution in [2.75, 3.05) is 0 Å². The van der Waals surface area contributed by atoms with Gasteiger partial charge in [-0.2, -0.15) is 20.4 Å². The highest BCUT2D eigenvalue weighted by Gasteiger charge is 2.22. The fourth-order valence-electron chi connectivity index (χ4n) is 4.03. The first-order valence-electron chi connectivity index (χ1n) is 13.2. The third kappa shape index (κ3) is 7.01. The molecule has 4 aromatic carbocycles. The van der Waals surface area contributed by atoms with E-state index in [1.807, 2.05) is 0 Å². The maximum absolute atomic E-state index is 12.9. The Hall–Kier alpha value is -6.56. The van der Waals surface area contributed by atoms with E-state index in [-0.39, 0.29) is 22.8 Å². The molecular formula is C32H24N8O4.